The maximum absolute atomic E-state index is 13.4. The van der Waals surface area contributed by atoms with Crippen LogP contribution in [0.5, 0.6) is 17.2 Å². The molecule has 198 valence electrons. The van der Waals surface area contributed by atoms with Crippen molar-refractivity contribution in [2.24, 2.45) is 0 Å². The summed E-state index contributed by atoms with van der Waals surface area (Å²) >= 11 is 0. The molecule has 3 aromatic carbocycles. The Labute approximate surface area is 223 Å². The zero-order valence-corrected chi connectivity index (χ0v) is 22.1. The van der Waals surface area contributed by atoms with Crippen molar-refractivity contribution in [1.29, 1.82) is 0 Å². The minimum absolute atomic E-state index is 0.0556. The molecule has 1 fully saturated rings. The molecule has 1 amide bonds. The molecule has 1 aliphatic rings. The van der Waals surface area contributed by atoms with E-state index in [1.807, 2.05) is 61.5 Å². The van der Waals surface area contributed by atoms with E-state index in [4.69, 9.17) is 9.47 Å². The van der Waals surface area contributed by atoms with Crippen molar-refractivity contribution in [3.63, 3.8) is 0 Å². The molecule has 0 saturated carbocycles. The number of nitrogens with zero attached hydrogens (tertiary/aromatic N) is 2. The van der Waals surface area contributed by atoms with Gasteiger partial charge in [-0.15, -0.1) is 0 Å². The van der Waals surface area contributed by atoms with Gasteiger partial charge in [0, 0.05) is 18.7 Å². The van der Waals surface area contributed by atoms with Crippen LogP contribution in [0.2, 0.25) is 0 Å². The zero-order chi connectivity index (χ0) is 27.1. The molecule has 4 rings (SSSR count). The van der Waals surface area contributed by atoms with E-state index in [2.05, 4.69) is 18.7 Å². The summed E-state index contributed by atoms with van der Waals surface area (Å²) in [6.45, 7) is 9.07. The second-order valence-corrected chi connectivity index (χ2v) is 8.97. The van der Waals surface area contributed by atoms with Crippen LogP contribution in [0.15, 0.2) is 84.4 Å². The number of aliphatic hydroxyl groups excluding tert-OH is 1. The second kappa shape index (κ2) is 12.4. The van der Waals surface area contributed by atoms with Crippen LogP contribution in [-0.4, -0.2) is 59.4 Å². The number of ketones is 1. The summed E-state index contributed by atoms with van der Waals surface area (Å²) in [4.78, 5) is 30.5. The van der Waals surface area contributed by atoms with Gasteiger partial charge in [0.05, 0.1) is 18.2 Å². The highest BCUT2D eigenvalue weighted by molar-refractivity contribution is 6.46. The molecule has 3 aromatic rings. The van der Waals surface area contributed by atoms with E-state index >= 15 is 0 Å². The van der Waals surface area contributed by atoms with Gasteiger partial charge in [0.2, 0.25) is 0 Å². The van der Waals surface area contributed by atoms with Crippen LogP contribution in [0.4, 0.5) is 0 Å². The van der Waals surface area contributed by atoms with E-state index in [1.54, 1.807) is 29.2 Å². The third kappa shape index (κ3) is 5.89. The summed E-state index contributed by atoms with van der Waals surface area (Å²) in [5.74, 6) is 0.258. The van der Waals surface area contributed by atoms with Crippen molar-refractivity contribution >= 4 is 17.4 Å². The number of carbonyl (C=O) groups excluding carboxylic acids is 2. The maximum Gasteiger partial charge on any atom is 0.295 e. The minimum atomic E-state index is -0.763. The summed E-state index contributed by atoms with van der Waals surface area (Å²) in [6, 6.07) is 22.9. The number of amides is 1. The zero-order valence-electron chi connectivity index (χ0n) is 22.1. The fourth-order valence-electron chi connectivity index (χ4n) is 4.67. The summed E-state index contributed by atoms with van der Waals surface area (Å²) in [7, 11) is 0. The molecular formula is C31H34N2O5. The van der Waals surface area contributed by atoms with Gasteiger partial charge < -0.3 is 24.4 Å². The Morgan fingerprint density at radius 3 is 2.26 bits per heavy atom. The van der Waals surface area contributed by atoms with Crippen LogP contribution in [0.3, 0.4) is 0 Å². The van der Waals surface area contributed by atoms with Crippen molar-refractivity contribution in [1.82, 2.24) is 9.80 Å². The summed E-state index contributed by atoms with van der Waals surface area (Å²) in [6.07, 6.45) is 0. The van der Waals surface area contributed by atoms with Gasteiger partial charge in [-0.3, -0.25) is 9.59 Å². The van der Waals surface area contributed by atoms with Gasteiger partial charge >= 0.3 is 0 Å². The lowest BCUT2D eigenvalue weighted by molar-refractivity contribution is -0.140. The van der Waals surface area contributed by atoms with E-state index in [-0.39, 0.29) is 11.3 Å². The fraction of sp³-hybridized carbons (Fsp3) is 0.290. The number of Topliss-reactive ketones (excluding diaryl/α,β-unsaturated/α-hetero) is 1. The molecule has 7 heteroatoms. The van der Waals surface area contributed by atoms with E-state index in [1.165, 1.54) is 0 Å². The predicted octanol–water partition coefficient (Wildman–Crippen LogP) is 5.64. The van der Waals surface area contributed by atoms with Gasteiger partial charge in [0.15, 0.2) is 0 Å². The highest BCUT2D eigenvalue weighted by Crippen LogP contribution is 2.40. The van der Waals surface area contributed by atoms with Gasteiger partial charge in [-0.25, -0.2) is 0 Å². The largest absolute Gasteiger partial charge is 0.507 e. The van der Waals surface area contributed by atoms with Crippen LogP contribution >= 0.6 is 0 Å². The Kier molecular flexibility index (Phi) is 8.81. The van der Waals surface area contributed by atoms with Crippen molar-refractivity contribution in [2.45, 2.75) is 26.8 Å². The molecule has 7 nitrogen and oxygen atoms in total. The van der Waals surface area contributed by atoms with Crippen LogP contribution in [0.25, 0.3) is 5.76 Å². The Morgan fingerprint density at radius 2 is 1.55 bits per heavy atom. The fourth-order valence-corrected chi connectivity index (χ4v) is 4.67. The number of hydrogen-bond donors (Lipinski definition) is 1. The number of para-hydroxylation sites is 1. The SMILES string of the molecule is CCOc1cccc(/C(O)=C2\C(=O)C(=O)N(CCN(CC)CC)C2c2cccc(Oc3ccccc3)c2)c1. The minimum Gasteiger partial charge on any atom is -0.507 e. The van der Waals surface area contributed by atoms with Gasteiger partial charge in [-0.2, -0.15) is 0 Å². The van der Waals surface area contributed by atoms with Crippen molar-refractivity contribution in [3.05, 3.63) is 95.6 Å². The highest BCUT2D eigenvalue weighted by Gasteiger charge is 2.46. The third-order valence-corrected chi connectivity index (χ3v) is 6.66. The predicted molar refractivity (Wildman–Crippen MR) is 147 cm³/mol. The lowest BCUT2D eigenvalue weighted by Gasteiger charge is -2.28. The normalized spacial score (nSPS) is 16.7. The number of aliphatic hydroxyl groups is 1. The Balaban J connectivity index is 1.78. The van der Waals surface area contributed by atoms with Crippen LogP contribution in [-0.2, 0) is 9.59 Å². The Hall–Kier alpha value is -4.10. The first-order valence-corrected chi connectivity index (χ1v) is 13.0. The van der Waals surface area contributed by atoms with Gasteiger partial charge in [0.25, 0.3) is 11.7 Å². The molecular weight excluding hydrogens is 480 g/mol. The van der Waals surface area contributed by atoms with E-state index in [9.17, 15) is 14.7 Å². The van der Waals surface area contributed by atoms with Crippen LogP contribution in [0, 0.1) is 0 Å². The highest BCUT2D eigenvalue weighted by atomic mass is 16.5. The topological polar surface area (TPSA) is 79.3 Å². The average Bonchev–Trinajstić information content (AvgIpc) is 3.19. The van der Waals surface area contributed by atoms with Gasteiger partial charge in [-0.1, -0.05) is 56.3 Å². The molecule has 0 radical (unpaired) electrons. The quantitative estimate of drug-likeness (QED) is 0.203. The molecule has 0 spiro atoms. The summed E-state index contributed by atoms with van der Waals surface area (Å²) in [5, 5.41) is 11.4. The van der Waals surface area contributed by atoms with Gasteiger partial charge in [-0.05, 0) is 62.0 Å². The number of benzene rings is 3. The standard InChI is InChI=1S/C31H34N2O5/c1-4-32(5-2)18-19-33-28(22-12-10-17-26(20-22)38-24-14-8-7-9-15-24)27(30(35)31(33)36)29(34)23-13-11-16-25(21-23)37-6-3/h7-17,20-21,28,34H,4-6,18-19H2,1-3H3/b29-27+. The molecule has 0 bridgehead atoms. The number of likely N-dealkylation sites (tertiary alicyclic amines) is 1. The number of likely N-dealkylation sites (N-methyl/N-ethyl adjacent to an activating group) is 1. The first-order chi connectivity index (χ1) is 18.5. The second-order valence-electron chi connectivity index (χ2n) is 8.97. The number of ether oxygens (including phenoxy) is 2. The van der Waals surface area contributed by atoms with Crippen molar-refractivity contribution < 1.29 is 24.2 Å². The summed E-state index contributed by atoms with van der Waals surface area (Å²) < 4.78 is 11.6. The van der Waals surface area contributed by atoms with Crippen LogP contribution in [0.1, 0.15) is 37.9 Å². The van der Waals surface area contributed by atoms with E-state index in [0.717, 1.165) is 13.1 Å². The molecule has 1 heterocycles. The molecule has 1 saturated heterocycles. The molecule has 0 aliphatic carbocycles. The third-order valence-electron chi connectivity index (χ3n) is 6.66. The maximum atomic E-state index is 13.4. The summed E-state index contributed by atoms with van der Waals surface area (Å²) in [5.41, 5.74) is 1.15. The molecule has 1 atom stereocenters. The first-order valence-electron chi connectivity index (χ1n) is 13.0. The van der Waals surface area contributed by atoms with E-state index in [0.29, 0.717) is 48.1 Å². The molecule has 1 N–H and O–H groups in total. The Morgan fingerprint density at radius 1 is 0.868 bits per heavy atom. The smallest absolute Gasteiger partial charge is 0.295 e. The first kappa shape index (κ1) is 26.9. The van der Waals surface area contributed by atoms with E-state index < -0.39 is 17.7 Å². The lowest BCUT2D eigenvalue weighted by atomic mass is 9.95. The molecule has 0 aromatic heterocycles. The Bertz CT molecular complexity index is 1300. The van der Waals surface area contributed by atoms with Crippen LogP contribution < -0.4 is 9.47 Å². The van der Waals surface area contributed by atoms with Crippen molar-refractivity contribution in [3.8, 4) is 17.2 Å². The van der Waals surface area contributed by atoms with Gasteiger partial charge in [0.1, 0.15) is 23.0 Å². The van der Waals surface area contributed by atoms with Crippen molar-refractivity contribution in [2.75, 3.05) is 32.8 Å². The number of rotatable bonds is 11. The number of carbonyl (C=O) groups is 2. The molecule has 1 aliphatic heterocycles. The average molecular weight is 515 g/mol. The molecule has 1 unspecified atom stereocenters. The molecule has 38 heavy (non-hydrogen) atoms. The number of hydrogen-bond acceptors (Lipinski definition) is 6. The lowest BCUT2D eigenvalue weighted by Crippen LogP contribution is -2.38. The monoisotopic (exact) mass is 514 g/mol.